The van der Waals surface area contributed by atoms with Crippen LogP contribution in [0.25, 0.3) is 11.4 Å². The molecule has 2 aromatic rings. The molecule has 0 saturated carbocycles. The molecule has 0 atom stereocenters. The summed E-state index contributed by atoms with van der Waals surface area (Å²) in [5.41, 5.74) is 1.02. The highest BCUT2D eigenvalue weighted by Gasteiger charge is 2.06. The maximum Gasteiger partial charge on any atom is 0.140 e. The molecule has 0 fully saturated rings. The minimum absolute atomic E-state index is 0.626. The van der Waals surface area contributed by atoms with Crippen LogP contribution in [0.4, 0.5) is 0 Å². The Morgan fingerprint density at radius 1 is 1.27 bits per heavy atom. The highest BCUT2D eigenvalue weighted by molar-refractivity contribution is 6.29. The van der Waals surface area contributed by atoms with E-state index < -0.39 is 0 Å². The summed E-state index contributed by atoms with van der Waals surface area (Å²) in [6, 6.07) is 7.71. The van der Waals surface area contributed by atoms with E-state index in [-0.39, 0.29) is 0 Å². The largest absolute Gasteiger partial charge is 0.497 e. The molecule has 0 bridgehead atoms. The lowest BCUT2D eigenvalue weighted by Gasteiger charge is -2.03. The van der Waals surface area contributed by atoms with Gasteiger partial charge in [-0.2, -0.15) is 0 Å². The predicted molar refractivity (Wildman–Crippen MR) is 60.2 cm³/mol. The number of rotatable bonds is 2. The number of hydrogen-bond acceptors (Lipinski definition) is 2. The predicted octanol–water partition coefficient (Wildman–Crippen LogP) is 2.75. The molecule has 0 amide bonds. The fraction of sp³-hybridized carbons (Fsp3) is 0.182. The van der Waals surface area contributed by atoms with Gasteiger partial charge in [0, 0.05) is 12.6 Å². The molecule has 78 valence electrons. The van der Waals surface area contributed by atoms with Gasteiger partial charge in [0.05, 0.1) is 13.3 Å². The highest BCUT2D eigenvalue weighted by atomic mass is 35.5. The number of benzene rings is 1. The molecule has 15 heavy (non-hydrogen) atoms. The second kappa shape index (κ2) is 3.95. The van der Waals surface area contributed by atoms with Crippen LogP contribution >= 0.6 is 11.6 Å². The second-order valence-corrected chi connectivity index (χ2v) is 3.58. The van der Waals surface area contributed by atoms with E-state index in [1.807, 2.05) is 35.9 Å². The summed E-state index contributed by atoms with van der Waals surface area (Å²) in [6.07, 6.45) is 1.64. The summed E-state index contributed by atoms with van der Waals surface area (Å²) in [5.74, 6) is 1.68. The van der Waals surface area contributed by atoms with Crippen molar-refractivity contribution in [3.63, 3.8) is 0 Å². The number of aromatic nitrogens is 2. The van der Waals surface area contributed by atoms with Crippen molar-refractivity contribution in [2.24, 2.45) is 7.05 Å². The highest BCUT2D eigenvalue weighted by Crippen LogP contribution is 2.23. The molecule has 0 aliphatic heterocycles. The van der Waals surface area contributed by atoms with Gasteiger partial charge < -0.3 is 9.30 Å². The molecule has 0 spiro atoms. The van der Waals surface area contributed by atoms with Gasteiger partial charge in [-0.05, 0) is 24.3 Å². The lowest BCUT2D eigenvalue weighted by Crippen LogP contribution is -1.92. The van der Waals surface area contributed by atoms with Crippen molar-refractivity contribution in [3.05, 3.63) is 35.6 Å². The maximum absolute atomic E-state index is 5.91. The first kappa shape index (κ1) is 10.1. The summed E-state index contributed by atoms with van der Waals surface area (Å²) in [7, 11) is 3.53. The Bertz CT molecular complexity index is 462. The monoisotopic (exact) mass is 222 g/mol. The zero-order valence-corrected chi connectivity index (χ0v) is 9.32. The van der Waals surface area contributed by atoms with E-state index in [2.05, 4.69) is 4.98 Å². The Hall–Kier alpha value is -1.48. The molecule has 0 saturated heterocycles. The molecule has 1 heterocycles. The summed E-state index contributed by atoms with van der Waals surface area (Å²) >= 11 is 5.91. The second-order valence-electron chi connectivity index (χ2n) is 3.19. The third-order valence-corrected chi connectivity index (χ3v) is 2.63. The molecule has 1 aromatic carbocycles. The van der Waals surface area contributed by atoms with Crippen molar-refractivity contribution in [1.82, 2.24) is 9.55 Å². The number of ether oxygens (including phenoxy) is 1. The van der Waals surface area contributed by atoms with E-state index in [4.69, 9.17) is 16.3 Å². The van der Waals surface area contributed by atoms with Crippen molar-refractivity contribution in [3.8, 4) is 17.1 Å². The van der Waals surface area contributed by atoms with Gasteiger partial charge in [-0.25, -0.2) is 4.98 Å². The Morgan fingerprint density at radius 2 is 1.93 bits per heavy atom. The Kier molecular flexibility index (Phi) is 2.64. The van der Waals surface area contributed by atoms with Gasteiger partial charge in [-0.3, -0.25) is 0 Å². The molecule has 2 rings (SSSR count). The zero-order chi connectivity index (χ0) is 10.8. The molecule has 1 aromatic heterocycles. The normalized spacial score (nSPS) is 10.3. The summed E-state index contributed by atoms with van der Waals surface area (Å²) in [6.45, 7) is 0. The lowest BCUT2D eigenvalue weighted by atomic mass is 10.2. The van der Waals surface area contributed by atoms with Crippen molar-refractivity contribution in [2.75, 3.05) is 7.11 Å². The third kappa shape index (κ3) is 1.83. The molecule has 0 aliphatic rings. The van der Waals surface area contributed by atoms with Crippen LogP contribution in [0, 0.1) is 0 Å². The van der Waals surface area contributed by atoms with Crippen LogP contribution in [0.1, 0.15) is 0 Å². The Morgan fingerprint density at radius 3 is 2.40 bits per heavy atom. The molecule has 3 nitrogen and oxygen atoms in total. The van der Waals surface area contributed by atoms with Crippen LogP contribution in [-0.4, -0.2) is 16.7 Å². The van der Waals surface area contributed by atoms with E-state index in [1.54, 1.807) is 13.3 Å². The molecule has 0 radical (unpaired) electrons. The first-order valence-electron chi connectivity index (χ1n) is 4.54. The van der Waals surface area contributed by atoms with Gasteiger partial charge in [0.1, 0.15) is 16.7 Å². The minimum Gasteiger partial charge on any atom is -0.497 e. The molecular weight excluding hydrogens is 212 g/mol. The van der Waals surface area contributed by atoms with Gasteiger partial charge in [-0.1, -0.05) is 11.6 Å². The van der Waals surface area contributed by atoms with Crippen LogP contribution in [0.2, 0.25) is 5.15 Å². The van der Waals surface area contributed by atoms with E-state index >= 15 is 0 Å². The number of methoxy groups -OCH3 is 1. The van der Waals surface area contributed by atoms with Crippen molar-refractivity contribution in [1.29, 1.82) is 0 Å². The molecule has 0 aliphatic carbocycles. The van der Waals surface area contributed by atoms with Crippen LogP contribution < -0.4 is 4.74 Å². The zero-order valence-electron chi connectivity index (χ0n) is 8.57. The molecule has 4 heteroatoms. The SMILES string of the molecule is COc1ccc(-c2ncc(Cl)n2C)cc1. The van der Waals surface area contributed by atoms with Gasteiger partial charge in [0.15, 0.2) is 0 Å². The van der Waals surface area contributed by atoms with Gasteiger partial charge in [-0.15, -0.1) is 0 Å². The third-order valence-electron chi connectivity index (χ3n) is 2.28. The summed E-state index contributed by atoms with van der Waals surface area (Å²) < 4.78 is 6.92. The van der Waals surface area contributed by atoms with Crippen molar-refractivity contribution in [2.45, 2.75) is 0 Å². The molecule has 0 N–H and O–H groups in total. The van der Waals surface area contributed by atoms with E-state index in [9.17, 15) is 0 Å². The van der Waals surface area contributed by atoms with Gasteiger partial charge in [0.2, 0.25) is 0 Å². The average Bonchev–Trinajstić information content (AvgIpc) is 2.60. The quantitative estimate of drug-likeness (QED) is 0.781. The first-order chi connectivity index (χ1) is 7.22. The smallest absolute Gasteiger partial charge is 0.140 e. The molecule has 0 unspecified atom stereocenters. The van der Waals surface area contributed by atoms with Gasteiger partial charge >= 0.3 is 0 Å². The standard InChI is InChI=1S/C11H11ClN2O/c1-14-10(12)7-13-11(14)8-3-5-9(15-2)6-4-8/h3-7H,1-2H3. The fourth-order valence-electron chi connectivity index (χ4n) is 1.40. The first-order valence-corrected chi connectivity index (χ1v) is 4.92. The number of hydrogen-bond donors (Lipinski definition) is 0. The number of halogens is 1. The van der Waals surface area contributed by atoms with Crippen molar-refractivity contribution < 1.29 is 4.74 Å². The van der Waals surface area contributed by atoms with Gasteiger partial charge in [0.25, 0.3) is 0 Å². The molecular formula is C11H11ClN2O. The van der Waals surface area contributed by atoms with E-state index in [0.29, 0.717) is 5.15 Å². The van der Waals surface area contributed by atoms with Crippen LogP contribution in [-0.2, 0) is 7.05 Å². The van der Waals surface area contributed by atoms with Crippen LogP contribution in [0.5, 0.6) is 5.75 Å². The van der Waals surface area contributed by atoms with E-state index in [0.717, 1.165) is 17.1 Å². The van der Waals surface area contributed by atoms with Crippen LogP contribution in [0.3, 0.4) is 0 Å². The summed E-state index contributed by atoms with van der Waals surface area (Å²) in [4.78, 5) is 4.23. The number of imidazole rings is 1. The van der Waals surface area contributed by atoms with Crippen molar-refractivity contribution >= 4 is 11.6 Å². The lowest BCUT2D eigenvalue weighted by molar-refractivity contribution is 0.415. The maximum atomic E-state index is 5.91. The van der Waals surface area contributed by atoms with E-state index in [1.165, 1.54) is 0 Å². The fourth-order valence-corrected chi connectivity index (χ4v) is 1.53. The topological polar surface area (TPSA) is 27.1 Å². The number of nitrogens with zero attached hydrogens (tertiary/aromatic N) is 2. The minimum atomic E-state index is 0.626. The Labute approximate surface area is 93.3 Å². The van der Waals surface area contributed by atoms with Crippen LogP contribution in [0.15, 0.2) is 30.5 Å². The Balaban J connectivity index is 2.41. The summed E-state index contributed by atoms with van der Waals surface area (Å²) in [5, 5.41) is 0.626. The average molecular weight is 223 g/mol.